The standard InChI is InChI=1S/C15H12N2O4/c1-2-5-11(15(20)21)17-14(19)12-8-13(18)9-6-3-4-7-10(9)16-12/h1,3-4,6-8,11H,5H2,(H,16,18)(H,17,19)(H,20,21). The third-order valence-corrected chi connectivity index (χ3v) is 2.91. The first-order valence-electron chi connectivity index (χ1n) is 6.12. The molecule has 6 nitrogen and oxygen atoms in total. The van der Waals surface area contributed by atoms with Crippen LogP contribution < -0.4 is 10.7 Å². The van der Waals surface area contributed by atoms with Crippen molar-refractivity contribution in [1.82, 2.24) is 10.3 Å². The van der Waals surface area contributed by atoms with Gasteiger partial charge in [0.1, 0.15) is 11.7 Å². The van der Waals surface area contributed by atoms with Gasteiger partial charge in [-0.2, -0.15) is 0 Å². The number of rotatable bonds is 4. The fourth-order valence-corrected chi connectivity index (χ4v) is 1.87. The Morgan fingerprint density at radius 2 is 2.10 bits per heavy atom. The highest BCUT2D eigenvalue weighted by molar-refractivity contribution is 5.96. The summed E-state index contributed by atoms with van der Waals surface area (Å²) in [6.07, 6.45) is 4.92. The molecule has 21 heavy (non-hydrogen) atoms. The lowest BCUT2D eigenvalue weighted by atomic mass is 10.1. The number of nitrogens with one attached hydrogen (secondary N) is 2. The van der Waals surface area contributed by atoms with Gasteiger partial charge in [0.15, 0.2) is 5.43 Å². The molecule has 6 heteroatoms. The van der Waals surface area contributed by atoms with E-state index in [1.807, 2.05) is 0 Å². The summed E-state index contributed by atoms with van der Waals surface area (Å²) in [7, 11) is 0. The highest BCUT2D eigenvalue weighted by atomic mass is 16.4. The fraction of sp³-hybridized carbons (Fsp3) is 0.133. The van der Waals surface area contributed by atoms with Crippen molar-refractivity contribution in [3.8, 4) is 12.3 Å². The Labute approximate surface area is 119 Å². The van der Waals surface area contributed by atoms with Crippen LogP contribution in [0.5, 0.6) is 0 Å². The van der Waals surface area contributed by atoms with E-state index in [4.69, 9.17) is 11.5 Å². The molecule has 3 N–H and O–H groups in total. The average Bonchev–Trinajstić information content (AvgIpc) is 2.46. The molecule has 0 aliphatic rings. The fourth-order valence-electron chi connectivity index (χ4n) is 1.87. The Morgan fingerprint density at radius 3 is 2.76 bits per heavy atom. The molecule has 2 rings (SSSR count). The molecule has 0 radical (unpaired) electrons. The number of pyridine rings is 1. The van der Waals surface area contributed by atoms with Crippen LogP contribution in [0.4, 0.5) is 0 Å². The van der Waals surface area contributed by atoms with Crippen LogP contribution in [0.25, 0.3) is 10.9 Å². The Kier molecular flexibility index (Phi) is 4.05. The van der Waals surface area contributed by atoms with Gasteiger partial charge in [0.2, 0.25) is 0 Å². The molecule has 1 atom stereocenters. The predicted octanol–water partition coefficient (Wildman–Crippen LogP) is 0.734. The van der Waals surface area contributed by atoms with Crippen molar-refractivity contribution in [1.29, 1.82) is 0 Å². The summed E-state index contributed by atoms with van der Waals surface area (Å²) in [6.45, 7) is 0. The molecular formula is C15H12N2O4. The van der Waals surface area contributed by atoms with E-state index >= 15 is 0 Å². The van der Waals surface area contributed by atoms with Crippen molar-refractivity contribution < 1.29 is 14.7 Å². The van der Waals surface area contributed by atoms with Gasteiger partial charge in [-0.25, -0.2) is 4.79 Å². The summed E-state index contributed by atoms with van der Waals surface area (Å²) in [5.41, 5.74) is 0.166. The van der Waals surface area contributed by atoms with Crippen LogP contribution >= 0.6 is 0 Å². The molecule has 0 aliphatic heterocycles. The number of amides is 1. The first-order valence-corrected chi connectivity index (χ1v) is 6.12. The minimum atomic E-state index is -1.23. The second kappa shape index (κ2) is 5.92. The van der Waals surface area contributed by atoms with Gasteiger partial charge >= 0.3 is 5.97 Å². The summed E-state index contributed by atoms with van der Waals surface area (Å²) in [5, 5.41) is 11.7. The topological polar surface area (TPSA) is 99.3 Å². The Hall–Kier alpha value is -3.07. The largest absolute Gasteiger partial charge is 0.480 e. The number of hydrogen-bond acceptors (Lipinski definition) is 3. The van der Waals surface area contributed by atoms with E-state index in [-0.39, 0.29) is 17.5 Å². The van der Waals surface area contributed by atoms with Crippen molar-refractivity contribution >= 4 is 22.8 Å². The number of carbonyl (C=O) groups is 2. The van der Waals surface area contributed by atoms with E-state index in [2.05, 4.69) is 16.2 Å². The molecule has 1 aromatic heterocycles. The summed E-state index contributed by atoms with van der Waals surface area (Å²) in [4.78, 5) is 37.7. The monoisotopic (exact) mass is 284 g/mol. The second-order valence-electron chi connectivity index (χ2n) is 4.37. The molecule has 1 aromatic carbocycles. The lowest BCUT2D eigenvalue weighted by molar-refractivity contribution is -0.139. The van der Waals surface area contributed by atoms with Crippen molar-refractivity contribution in [2.45, 2.75) is 12.5 Å². The van der Waals surface area contributed by atoms with E-state index in [0.29, 0.717) is 10.9 Å². The van der Waals surface area contributed by atoms with E-state index in [0.717, 1.165) is 6.07 Å². The van der Waals surface area contributed by atoms with Crippen LogP contribution in [0.3, 0.4) is 0 Å². The van der Waals surface area contributed by atoms with E-state index in [1.165, 1.54) is 0 Å². The van der Waals surface area contributed by atoms with Gasteiger partial charge in [-0.3, -0.25) is 9.59 Å². The maximum atomic E-state index is 12.0. The number of carboxylic acids is 1. The van der Waals surface area contributed by atoms with Gasteiger partial charge < -0.3 is 15.4 Å². The number of fused-ring (bicyclic) bond motifs is 1. The predicted molar refractivity (Wildman–Crippen MR) is 76.9 cm³/mol. The van der Waals surface area contributed by atoms with Crippen molar-refractivity contribution in [3.05, 3.63) is 46.2 Å². The van der Waals surface area contributed by atoms with Gasteiger partial charge in [-0.15, -0.1) is 12.3 Å². The number of aromatic amines is 1. The Balaban J connectivity index is 2.34. The van der Waals surface area contributed by atoms with Crippen LogP contribution in [-0.2, 0) is 4.79 Å². The maximum absolute atomic E-state index is 12.0. The summed E-state index contributed by atoms with van der Waals surface area (Å²) in [5.74, 6) is 0.253. The smallest absolute Gasteiger partial charge is 0.327 e. The molecule has 1 unspecified atom stereocenters. The molecule has 1 amide bonds. The molecule has 0 spiro atoms. The number of aliphatic carboxylic acids is 1. The second-order valence-corrected chi connectivity index (χ2v) is 4.37. The summed E-state index contributed by atoms with van der Waals surface area (Å²) in [6, 6.07) is 6.66. The Morgan fingerprint density at radius 1 is 1.38 bits per heavy atom. The molecule has 0 fully saturated rings. The van der Waals surface area contributed by atoms with Crippen molar-refractivity contribution in [2.75, 3.05) is 0 Å². The highest BCUT2D eigenvalue weighted by Gasteiger charge is 2.20. The molecule has 0 bridgehead atoms. The first-order chi connectivity index (χ1) is 10.0. The van der Waals surface area contributed by atoms with Crippen LogP contribution in [0, 0.1) is 12.3 Å². The van der Waals surface area contributed by atoms with Gasteiger partial charge in [-0.1, -0.05) is 12.1 Å². The van der Waals surface area contributed by atoms with Crippen molar-refractivity contribution in [2.24, 2.45) is 0 Å². The molecule has 1 heterocycles. The zero-order valence-corrected chi connectivity index (χ0v) is 10.9. The molecule has 0 saturated heterocycles. The molecule has 0 aliphatic carbocycles. The molecule has 0 saturated carbocycles. The normalized spacial score (nSPS) is 11.6. The zero-order chi connectivity index (χ0) is 15.4. The minimum Gasteiger partial charge on any atom is -0.480 e. The van der Waals surface area contributed by atoms with E-state index < -0.39 is 17.9 Å². The number of aromatic nitrogens is 1. The van der Waals surface area contributed by atoms with E-state index in [1.54, 1.807) is 24.3 Å². The number of terminal acetylenes is 1. The van der Waals surface area contributed by atoms with Gasteiger partial charge in [0.05, 0.1) is 0 Å². The minimum absolute atomic E-state index is 0.0121. The number of carboxylic acid groups (broad SMARTS) is 1. The third-order valence-electron chi connectivity index (χ3n) is 2.91. The van der Waals surface area contributed by atoms with E-state index in [9.17, 15) is 14.4 Å². The number of hydrogen-bond donors (Lipinski definition) is 3. The van der Waals surface area contributed by atoms with Gasteiger partial charge in [-0.05, 0) is 12.1 Å². The lowest BCUT2D eigenvalue weighted by Gasteiger charge is -2.12. The summed E-state index contributed by atoms with van der Waals surface area (Å²) < 4.78 is 0. The number of para-hydroxylation sites is 1. The van der Waals surface area contributed by atoms with Gasteiger partial charge in [0, 0.05) is 23.4 Å². The van der Waals surface area contributed by atoms with Gasteiger partial charge in [0.25, 0.3) is 5.91 Å². The highest BCUT2D eigenvalue weighted by Crippen LogP contribution is 2.07. The lowest BCUT2D eigenvalue weighted by Crippen LogP contribution is -2.41. The third kappa shape index (κ3) is 3.09. The van der Waals surface area contributed by atoms with Crippen LogP contribution in [-0.4, -0.2) is 28.0 Å². The average molecular weight is 284 g/mol. The zero-order valence-electron chi connectivity index (χ0n) is 10.9. The van der Waals surface area contributed by atoms with Crippen LogP contribution in [0.1, 0.15) is 16.9 Å². The summed E-state index contributed by atoms with van der Waals surface area (Å²) >= 11 is 0. The molecule has 2 aromatic rings. The Bertz CT molecular complexity index is 801. The molecule has 106 valence electrons. The number of carbonyl (C=O) groups excluding carboxylic acids is 1. The van der Waals surface area contributed by atoms with Crippen LogP contribution in [0.15, 0.2) is 35.1 Å². The van der Waals surface area contributed by atoms with Crippen LogP contribution in [0.2, 0.25) is 0 Å². The quantitative estimate of drug-likeness (QED) is 0.721. The van der Waals surface area contributed by atoms with Crippen molar-refractivity contribution in [3.63, 3.8) is 0 Å². The number of benzene rings is 1. The SMILES string of the molecule is C#CCC(NC(=O)c1cc(=O)c2ccccc2[nH]1)C(=O)O. The maximum Gasteiger partial charge on any atom is 0.327 e. The first kappa shape index (κ1) is 14.3. The number of H-pyrrole nitrogens is 1. The molecular weight excluding hydrogens is 272 g/mol.